The second kappa shape index (κ2) is 6.40. The van der Waals surface area contributed by atoms with Crippen LogP contribution < -0.4 is 10.6 Å². The third-order valence-electron chi connectivity index (χ3n) is 3.30. The number of anilines is 1. The zero-order chi connectivity index (χ0) is 12.8. The van der Waals surface area contributed by atoms with Crippen LogP contribution in [-0.2, 0) is 0 Å². The third-order valence-corrected chi connectivity index (χ3v) is 3.30. The second-order valence-corrected chi connectivity index (χ2v) is 4.62. The normalized spacial score (nSPS) is 16.6. The largest absolute Gasteiger partial charge is 0.324 e. The van der Waals surface area contributed by atoms with Crippen molar-refractivity contribution >= 4 is 11.7 Å². The predicted octanol–water partition coefficient (Wildman–Crippen LogP) is 2.29. The summed E-state index contributed by atoms with van der Waals surface area (Å²) in [6.45, 7) is 4.78. The van der Waals surface area contributed by atoms with Gasteiger partial charge in [0.25, 0.3) is 0 Å². The second-order valence-electron chi connectivity index (χ2n) is 4.62. The Balaban J connectivity index is 1.81. The van der Waals surface area contributed by atoms with Gasteiger partial charge < -0.3 is 15.5 Å². The first-order valence-electron chi connectivity index (χ1n) is 6.64. The molecule has 1 heterocycles. The summed E-state index contributed by atoms with van der Waals surface area (Å²) in [5.74, 6) is 0. The summed E-state index contributed by atoms with van der Waals surface area (Å²) in [5.41, 5.74) is 0.858. The molecule has 0 unspecified atom stereocenters. The van der Waals surface area contributed by atoms with Gasteiger partial charge in [-0.15, -0.1) is 0 Å². The number of urea groups is 1. The number of carbonyl (C=O) groups is 1. The van der Waals surface area contributed by atoms with E-state index in [1.165, 1.54) is 0 Å². The molecule has 0 aliphatic carbocycles. The van der Waals surface area contributed by atoms with Crippen molar-refractivity contribution in [3.63, 3.8) is 0 Å². The van der Waals surface area contributed by atoms with Crippen LogP contribution in [0.4, 0.5) is 10.5 Å². The molecule has 1 aromatic carbocycles. The number of carbonyl (C=O) groups excluding carboxylic acids is 1. The molecule has 2 amide bonds. The van der Waals surface area contributed by atoms with Crippen LogP contribution in [0.5, 0.6) is 0 Å². The van der Waals surface area contributed by atoms with Crippen LogP contribution in [0.2, 0.25) is 0 Å². The van der Waals surface area contributed by atoms with E-state index in [0.717, 1.165) is 38.2 Å². The molecule has 4 heteroatoms. The summed E-state index contributed by atoms with van der Waals surface area (Å²) >= 11 is 0. The SMILES string of the molecule is CCNC1CCN(C(=O)Nc2ccccc2)CC1. The van der Waals surface area contributed by atoms with E-state index in [0.29, 0.717) is 6.04 Å². The zero-order valence-corrected chi connectivity index (χ0v) is 10.9. The molecular formula is C14H21N3O. The molecule has 98 valence electrons. The molecule has 1 saturated heterocycles. The van der Waals surface area contributed by atoms with Crippen LogP contribution >= 0.6 is 0 Å². The molecule has 2 N–H and O–H groups in total. The summed E-state index contributed by atoms with van der Waals surface area (Å²) < 4.78 is 0. The number of rotatable bonds is 3. The molecular weight excluding hydrogens is 226 g/mol. The Hall–Kier alpha value is -1.55. The first kappa shape index (κ1) is 12.9. The summed E-state index contributed by atoms with van der Waals surface area (Å²) in [4.78, 5) is 13.9. The summed E-state index contributed by atoms with van der Waals surface area (Å²) in [6.07, 6.45) is 2.08. The number of piperidine rings is 1. The fourth-order valence-corrected chi connectivity index (χ4v) is 2.30. The Morgan fingerprint density at radius 2 is 1.94 bits per heavy atom. The Labute approximate surface area is 108 Å². The van der Waals surface area contributed by atoms with E-state index in [9.17, 15) is 4.79 Å². The van der Waals surface area contributed by atoms with Gasteiger partial charge in [-0.3, -0.25) is 0 Å². The maximum Gasteiger partial charge on any atom is 0.321 e. The maximum absolute atomic E-state index is 12.0. The molecule has 1 aromatic rings. The van der Waals surface area contributed by atoms with Gasteiger partial charge in [0.1, 0.15) is 0 Å². The lowest BCUT2D eigenvalue weighted by Crippen LogP contribution is -2.46. The highest BCUT2D eigenvalue weighted by molar-refractivity contribution is 5.89. The van der Waals surface area contributed by atoms with E-state index in [2.05, 4.69) is 17.6 Å². The Morgan fingerprint density at radius 3 is 2.56 bits per heavy atom. The van der Waals surface area contributed by atoms with E-state index < -0.39 is 0 Å². The number of nitrogens with one attached hydrogen (secondary N) is 2. The average Bonchev–Trinajstić information content (AvgIpc) is 2.41. The van der Waals surface area contributed by atoms with Crippen LogP contribution in [-0.4, -0.2) is 36.6 Å². The monoisotopic (exact) mass is 247 g/mol. The number of amides is 2. The van der Waals surface area contributed by atoms with Gasteiger partial charge in [0.15, 0.2) is 0 Å². The van der Waals surface area contributed by atoms with Gasteiger partial charge in [-0.2, -0.15) is 0 Å². The van der Waals surface area contributed by atoms with Gasteiger partial charge >= 0.3 is 6.03 Å². The fraction of sp³-hybridized carbons (Fsp3) is 0.500. The molecule has 0 radical (unpaired) electrons. The van der Waals surface area contributed by atoms with E-state index >= 15 is 0 Å². The van der Waals surface area contributed by atoms with Crippen LogP contribution in [0.1, 0.15) is 19.8 Å². The first-order chi connectivity index (χ1) is 8.79. The predicted molar refractivity (Wildman–Crippen MR) is 73.7 cm³/mol. The van der Waals surface area contributed by atoms with E-state index in [-0.39, 0.29) is 6.03 Å². The molecule has 1 aliphatic rings. The lowest BCUT2D eigenvalue weighted by atomic mass is 10.1. The Morgan fingerprint density at radius 1 is 1.28 bits per heavy atom. The quantitative estimate of drug-likeness (QED) is 0.860. The smallest absolute Gasteiger partial charge is 0.321 e. The summed E-state index contributed by atoms with van der Waals surface area (Å²) in [5, 5.41) is 6.36. The molecule has 0 aromatic heterocycles. The lowest BCUT2D eigenvalue weighted by Gasteiger charge is -2.32. The Bertz CT molecular complexity index is 372. The fourth-order valence-electron chi connectivity index (χ4n) is 2.30. The lowest BCUT2D eigenvalue weighted by molar-refractivity contribution is 0.189. The van der Waals surface area contributed by atoms with Crippen molar-refractivity contribution in [2.75, 3.05) is 25.0 Å². The standard InChI is InChI=1S/C14H21N3O/c1-2-15-12-8-10-17(11-9-12)14(18)16-13-6-4-3-5-7-13/h3-7,12,15H,2,8-11H2,1H3,(H,16,18). The van der Waals surface area contributed by atoms with Crippen LogP contribution in [0.3, 0.4) is 0 Å². The van der Waals surface area contributed by atoms with Gasteiger partial charge in [0.05, 0.1) is 0 Å². The van der Waals surface area contributed by atoms with Crippen molar-refractivity contribution in [2.45, 2.75) is 25.8 Å². The third kappa shape index (κ3) is 3.47. The van der Waals surface area contributed by atoms with Gasteiger partial charge in [-0.25, -0.2) is 4.79 Å². The first-order valence-corrected chi connectivity index (χ1v) is 6.64. The molecule has 0 bridgehead atoms. The van der Waals surface area contributed by atoms with Crippen molar-refractivity contribution in [3.8, 4) is 0 Å². The number of hydrogen-bond donors (Lipinski definition) is 2. The molecule has 0 spiro atoms. The van der Waals surface area contributed by atoms with Crippen molar-refractivity contribution < 1.29 is 4.79 Å². The van der Waals surface area contributed by atoms with Gasteiger partial charge in [0, 0.05) is 24.8 Å². The molecule has 1 fully saturated rings. The minimum absolute atomic E-state index is 0.0103. The maximum atomic E-state index is 12.0. The highest BCUT2D eigenvalue weighted by atomic mass is 16.2. The molecule has 0 saturated carbocycles. The van der Waals surface area contributed by atoms with E-state index in [4.69, 9.17) is 0 Å². The number of nitrogens with zero attached hydrogens (tertiary/aromatic N) is 1. The van der Waals surface area contributed by atoms with Crippen LogP contribution in [0.15, 0.2) is 30.3 Å². The topological polar surface area (TPSA) is 44.4 Å². The van der Waals surface area contributed by atoms with Crippen LogP contribution in [0, 0.1) is 0 Å². The minimum atomic E-state index is 0.0103. The van der Waals surface area contributed by atoms with E-state index in [1.54, 1.807) is 0 Å². The summed E-state index contributed by atoms with van der Waals surface area (Å²) in [6, 6.07) is 10.2. The van der Waals surface area contributed by atoms with Crippen LogP contribution in [0.25, 0.3) is 0 Å². The van der Waals surface area contributed by atoms with Crippen molar-refractivity contribution in [2.24, 2.45) is 0 Å². The Kier molecular flexibility index (Phi) is 4.59. The zero-order valence-electron chi connectivity index (χ0n) is 10.9. The number of para-hydroxylation sites is 1. The molecule has 4 nitrogen and oxygen atoms in total. The molecule has 18 heavy (non-hydrogen) atoms. The van der Waals surface area contributed by atoms with Gasteiger partial charge in [-0.1, -0.05) is 25.1 Å². The molecule has 2 rings (SSSR count). The van der Waals surface area contributed by atoms with Crippen molar-refractivity contribution in [3.05, 3.63) is 30.3 Å². The number of hydrogen-bond acceptors (Lipinski definition) is 2. The average molecular weight is 247 g/mol. The van der Waals surface area contributed by atoms with Gasteiger partial charge in [0.2, 0.25) is 0 Å². The number of benzene rings is 1. The summed E-state index contributed by atoms with van der Waals surface area (Å²) in [7, 11) is 0. The number of likely N-dealkylation sites (tertiary alicyclic amines) is 1. The minimum Gasteiger partial charge on any atom is -0.324 e. The molecule has 0 atom stereocenters. The van der Waals surface area contributed by atoms with E-state index in [1.807, 2.05) is 35.2 Å². The van der Waals surface area contributed by atoms with Crippen molar-refractivity contribution in [1.82, 2.24) is 10.2 Å². The highest BCUT2D eigenvalue weighted by Gasteiger charge is 2.21. The van der Waals surface area contributed by atoms with Crippen molar-refractivity contribution in [1.29, 1.82) is 0 Å². The highest BCUT2D eigenvalue weighted by Crippen LogP contribution is 2.12. The molecule has 1 aliphatic heterocycles. The van der Waals surface area contributed by atoms with Gasteiger partial charge in [-0.05, 0) is 31.5 Å².